The number of hydrogen-bond donors (Lipinski definition) is 1. The number of benzene rings is 1. The second kappa shape index (κ2) is 9.59. The van der Waals surface area contributed by atoms with Crippen LogP contribution < -0.4 is 10.1 Å². The molecule has 0 bridgehead atoms. The average Bonchev–Trinajstić information content (AvgIpc) is 2.94. The predicted octanol–water partition coefficient (Wildman–Crippen LogP) is 3.81. The van der Waals surface area contributed by atoms with Crippen LogP contribution in [0.5, 0.6) is 5.75 Å². The molecule has 9 heteroatoms. The Hall–Kier alpha value is -2.06. The zero-order chi connectivity index (χ0) is 19.1. The SMILES string of the molecule is CCOC(=O)c1cnn(C)c1NC(=O)CCCOc1ccc(Br)cc1Cl. The number of carbonyl (C=O) groups is 2. The van der Waals surface area contributed by atoms with Gasteiger partial charge in [0.1, 0.15) is 17.1 Å². The van der Waals surface area contributed by atoms with Gasteiger partial charge in [0.05, 0.1) is 24.4 Å². The van der Waals surface area contributed by atoms with Crippen LogP contribution in [0.25, 0.3) is 0 Å². The number of aryl methyl sites for hydroxylation is 1. The van der Waals surface area contributed by atoms with Gasteiger partial charge in [0, 0.05) is 17.9 Å². The molecule has 0 spiro atoms. The van der Waals surface area contributed by atoms with E-state index in [1.54, 1.807) is 26.1 Å². The third-order valence-electron chi connectivity index (χ3n) is 3.39. The van der Waals surface area contributed by atoms with E-state index in [1.165, 1.54) is 10.9 Å². The third kappa shape index (κ3) is 5.47. The molecule has 0 radical (unpaired) electrons. The fourth-order valence-electron chi connectivity index (χ4n) is 2.15. The molecule has 2 rings (SSSR count). The molecule has 140 valence electrons. The molecule has 1 heterocycles. The van der Waals surface area contributed by atoms with Crippen LogP contribution in [0, 0.1) is 0 Å². The lowest BCUT2D eigenvalue weighted by molar-refractivity contribution is -0.116. The van der Waals surface area contributed by atoms with Crippen molar-refractivity contribution in [2.24, 2.45) is 7.05 Å². The lowest BCUT2D eigenvalue weighted by Crippen LogP contribution is -2.18. The summed E-state index contributed by atoms with van der Waals surface area (Å²) < 4.78 is 12.8. The highest BCUT2D eigenvalue weighted by atomic mass is 79.9. The molecule has 0 saturated carbocycles. The second-order valence-electron chi connectivity index (χ2n) is 5.33. The Morgan fingerprint density at radius 2 is 2.15 bits per heavy atom. The number of esters is 1. The molecular weight excluding hydrogens is 426 g/mol. The molecule has 0 saturated heterocycles. The zero-order valence-corrected chi connectivity index (χ0v) is 16.8. The number of halogens is 2. The van der Waals surface area contributed by atoms with E-state index in [9.17, 15) is 9.59 Å². The molecule has 1 N–H and O–H groups in total. The second-order valence-corrected chi connectivity index (χ2v) is 6.65. The summed E-state index contributed by atoms with van der Waals surface area (Å²) in [4.78, 5) is 24.0. The number of carbonyl (C=O) groups excluding carboxylic acids is 2. The Labute approximate surface area is 164 Å². The number of nitrogens with one attached hydrogen (secondary N) is 1. The summed E-state index contributed by atoms with van der Waals surface area (Å²) in [6.45, 7) is 2.30. The molecule has 1 amide bonds. The zero-order valence-electron chi connectivity index (χ0n) is 14.4. The molecule has 7 nitrogen and oxygen atoms in total. The van der Waals surface area contributed by atoms with E-state index in [4.69, 9.17) is 21.1 Å². The van der Waals surface area contributed by atoms with Crippen LogP contribution in [-0.2, 0) is 16.6 Å². The molecule has 1 aromatic heterocycles. The molecule has 26 heavy (non-hydrogen) atoms. The predicted molar refractivity (Wildman–Crippen MR) is 102 cm³/mol. The minimum Gasteiger partial charge on any atom is -0.492 e. The summed E-state index contributed by atoms with van der Waals surface area (Å²) in [6, 6.07) is 5.32. The first-order chi connectivity index (χ1) is 12.4. The van der Waals surface area contributed by atoms with Crippen molar-refractivity contribution in [3.05, 3.63) is 39.5 Å². The lowest BCUT2D eigenvalue weighted by atomic mass is 10.3. The van der Waals surface area contributed by atoms with E-state index in [-0.39, 0.29) is 24.5 Å². The highest BCUT2D eigenvalue weighted by Gasteiger charge is 2.19. The van der Waals surface area contributed by atoms with E-state index < -0.39 is 5.97 Å². The summed E-state index contributed by atoms with van der Waals surface area (Å²) in [5, 5.41) is 7.17. The normalized spacial score (nSPS) is 10.5. The average molecular weight is 445 g/mol. The highest BCUT2D eigenvalue weighted by molar-refractivity contribution is 9.10. The Bertz CT molecular complexity index is 794. The monoisotopic (exact) mass is 443 g/mol. The van der Waals surface area contributed by atoms with Crippen molar-refractivity contribution in [1.82, 2.24) is 9.78 Å². The maximum Gasteiger partial charge on any atom is 0.343 e. The number of rotatable bonds is 8. The van der Waals surface area contributed by atoms with Crippen molar-refractivity contribution in [3.63, 3.8) is 0 Å². The summed E-state index contributed by atoms with van der Waals surface area (Å²) in [5.41, 5.74) is 0.223. The highest BCUT2D eigenvalue weighted by Crippen LogP contribution is 2.27. The summed E-state index contributed by atoms with van der Waals surface area (Å²) in [5.74, 6) is 0.102. The fraction of sp³-hybridized carbons (Fsp3) is 0.353. The first-order valence-corrected chi connectivity index (χ1v) is 9.16. The largest absolute Gasteiger partial charge is 0.492 e. The topological polar surface area (TPSA) is 82.5 Å². The van der Waals surface area contributed by atoms with Gasteiger partial charge in [-0.25, -0.2) is 4.79 Å². The number of aromatic nitrogens is 2. The minimum absolute atomic E-state index is 0.223. The van der Waals surface area contributed by atoms with Crippen LogP contribution >= 0.6 is 27.5 Å². The Kier molecular flexibility index (Phi) is 7.47. The van der Waals surface area contributed by atoms with Crippen LogP contribution in [0.15, 0.2) is 28.9 Å². The molecule has 0 fully saturated rings. The van der Waals surface area contributed by atoms with E-state index in [0.717, 1.165) is 4.47 Å². The summed E-state index contributed by atoms with van der Waals surface area (Å²) in [6.07, 6.45) is 2.08. The van der Waals surface area contributed by atoms with Crippen LogP contribution in [0.2, 0.25) is 5.02 Å². The number of nitrogens with zero attached hydrogens (tertiary/aromatic N) is 2. The smallest absolute Gasteiger partial charge is 0.343 e. The molecule has 0 atom stereocenters. The molecular formula is C17H19BrClN3O4. The first-order valence-electron chi connectivity index (χ1n) is 7.99. The summed E-state index contributed by atoms with van der Waals surface area (Å²) in [7, 11) is 1.64. The maximum absolute atomic E-state index is 12.1. The van der Waals surface area contributed by atoms with Gasteiger partial charge in [0.25, 0.3) is 0 Å². The maximum atomic E-state index is 12.1. The van der Waals surface area contributed by atoms with Gasteiger partial charge in [-0.1, -0.05) is 27.5 Å². The van der Waals surface area contributed by atoms with E-state index in [0.29, 0.717) is 29.6 Å². The fourth-order valence-corrected chi connectivity index (χ4v) is 2.87. The van der Waals surface area contributed by atoms with Crippen molar-refractivity contribution in [1.29, 1.82) is 0 Å². The first kappa shape index (κ1) is 20.3. The van der Waals surface area contributed by atoms with Gasteiger partial charge in [-0.3, -0.25) is 9.48 Å². The summed E-state index contributed by atoms with van der Waals surface area (Å²) >= 11 is 9.39. The van der Waals surface area contributed by atoms with E-state index in [2.05, 4.69) is 26.3 Å². The van der Waals surface area contributed by atoms with Crippen LogP contribution in [0.3, 0.4) is 0 Å². The number of hydrogen-bond acceptors (Lipinski definition) is 5. The molecule has 0 aliphatic carbocycles. The van der Waals surface area contributed by atoms with Gasteiger partial charge in [-0.2, -0.15) is 5.10 Å². The van der Waals surface area contributed by atoms with Crippen molar-refractivity contribution in [2.75, 3.05) is 18.5 Å². The Morgan fingerprint density at radius 3 is 2.85 bits per heavy atom. The Morgan fingerprint density at radius 1 is 1.38 bits per heavy atom. The molecule has 0 aliphatic rings. The van der Waals surface area contributed by atoms with Gasteiger partial charge in [0.2, 0.25) is 5.91 Å². The third-order valence-corrected chi connectivity index (χ3v) is 4.18. The van der Waals surface area contributed by atoms with Crippen molar-refractivity contribution in [2.45, 2.75) is 19.8 Å². The van der Waals surface area contributed by atoms with Gasteiger partial charge >= 0.3 is 5.97 Å². The standard InChI is InChI=1S/C17H19BrClN3O4/c1-3-25-17(24)12-10-20-22(2)16(12)21-15(23)5-4-8-26-14-7-6-11(18)9-13(14)19/h6-7,9-10H,3-5,8H2,1-2H3,(H,21,23). The number of anilines is 1. The molecule has 0 unspecified atom stereocenters. The van der Waals surface area contributed by atoms with E-state index in [1.807, 2.05) is 6.07 Å². The number of ether oxygens (including phenoxy) is 2. The van der Waals surface area contributed by atoms with Crippen LogP contribution in [0.4, 0.5) is 5.82 Å². The van der Waals surface area contributed by atoms with Crippen molar-refractivity contribution in [3.8, 4) is 5.75 Å². The van der Waals surface area contributed by atoms with Crippen LogP contribution in [-0.4, -0.2) is 34.9 Å². The van der Waals surface area contributed by atoms with Gasteiger partial charge in [-0.05, 0) is 31.5 Å². The van der Waals surface area contributed by atoms with E-state index >= 15 is 0 Å². The van der Waals surface area contributed by atoms with Crippen molar-refractivity contribution < 1.29 is 19.1 Å². The molecule has 1 aromatic carbocycles. The van der Waals surface area contributed by atoms with Gasteiger partial charge < -0.3 is 14.8 Å². The van der Waals surface area contributed by atoms with Gasteiger partial charge in [0.15, 0.2) is 0 Å². The van der Waals surface area contributed by atoms with Gasteiger partial charge in [-0.15, -0.1) is 0 Å². The van der Waals surface area contributed by atoms with Crippen molar-refractivity contribution >= 4 is 45.2 Å². The molecule has 2 aromatic rings. The number of amides is 1. The quantitative estimate of drug-likeness (QED) is 0.494. The molecule has 0 aliphatic heterocycles. The minimum atomic E-state index is -0.524. The lowest BCUT2D eigenvalue weighted by Gasteiger charge is -2.10. The Balaban J connectivity index is 1.84. The van der Waals surface area contributed by atoms with Crippen LogP contribution in [0.1, 0.15) is 30.1 Å².